The molecule has 2 aromatic carbocycles. The van der Waals surface area contributed by atoms with Crippen LogP contribution in [0.4, 0.5) is 0 Å². The number of nitrogens with zero attached hydrogens (tertiary/aromatic N) is 4. The minimum Gasteiger partial charge on any atom is -0.465 e. The third-order valence-corrected chi connectivity index (χ3v) is 6.68. The smallest absolute Gasteiger partial charge is 0.337 e. The number of aromatic amines is 1. The van der Waals surface area contributed by atoms with Crippen molar-refractivity contribution in [1.29, 1.82) is 0 Å². The molecular weight excluding hydrogens is 482 g/mol. The number of aromatic nitrogens is 5. The van der Waals surface area contributed by atoms with Crippen molar-refractivity contribution in [3.63, 3.8) is 0 Å². The number of fused-ring (bicyclic) bond motifs is 2. The van der Waals surface area contributed by atoms with E-state index in [0.717, 1.165) is 11.1 Å². The lowest BCUT2D eigenvalue weighted by molar-refractivity contribution is 0.0601. The number of carbonyl (C=O) groups excluding carboxylic acids is 1. The lowest BCUT2D eigenvalue weighted by Gasteiger charge is -2.07. The van der Waals surface area contributed by atoms with Crippen LogP contribution < -0.4 is 11.2 Å². The second-order valence-electron chi connectivity index (χ2n) is 8.22. The highest BCUT2D eigenvalue weighted by atomic mass is 32.2. The zero-order valence-electron chi connectivity index (χ0n) is 19.9. The van der Waals surface area contributed by atoms with E-state index in [-0.39, 0.29) is 6.54 Å². The van der Waals surface area contributed by atoms with Gasteiger partial charge in [-0.2, -0.15) is 0 Å². The highest BCUT2D eigenvalue weighted by Gasteiger charge is 2.19. The molecule has 0 aliphatic heterocycles. The minimum atomic E-state index is -0.506. The highest BCUT2D eigenvalue weighted by molar-refractivity contribution is 7.98. The fourth-order valence-electron chi connectivity index (χ4n) is 4.03. The Hall–Kier alpha value is -4.12. The number of nitrogens with one attached hydrogen (secondary N) is 1. The molecule has 0 fully saturated rings. The average molecular weight is 506 g/mol. The summed E-state index contributed by atoms with van der Waals surface area (Å²) >= 11 is 1.31. The maximum Gasteiger partial charge on any atom is 0.337 e. The lowest BCUT2D eigenvalue weighted by Crippen LogP contribution is -2.31. The van der Waals surface area contributed by atoms with E-state index in [1.807, 2.05) is 38.1 Å². The molecule has 3 heterocycles. The fraction of sp³-hybridized carbons (Fsp3) is 0.240. The normalized spacial score (nSPS) is 11.4. The molecular formula is C25H23N5O5S. The van der Waals surface area contributed by atoms with Crippen molar-refractivity contribution in [2.75, 3.05) is 7.11 Å². The van der Waals surface area contributed by atoms with Gasteiger partial charge in [-0.3, -0.25) is 14.3 Å². The van der Waals surface area contributed by atoms with Crippen LogP contribution in [0.1, 0.15) is 34.2 Å². The molecule has 0 atom stereocenters. The van der Waals surface area contributed by atoms with Gasteiger partial charge in [0.2, 0.25) is 0 Å². The standard InChI is InChI=1S/C25H23N5O5S/c1-4-29-19(13-36-25-26-17-11-16(23(32)34-3)9-10-18(17)35-25)27-21-20(29)22(31)28-24(33)30(21)12-15-7-5-14(2)6-8-15/h5-11H,4,12-13H2,1-3H3,(H,28,31,33). The van der Waals surface area contributed by atoms with Crippen molar-refractivity contribution in [2.45, 2.75) is 37.9 Å². The molecule has 0 amide bonds. The summed E-state index contributed by atoms with van der Waals surface area (Å²) in [6.45, 7) is 4.69. The molecule has 0 saturated heterocycles. The lowest BCUT2D eigenvalue weighted by atomic mass is 10.1. The van der Waals surface area contributed by atoms with Gasteiger partial charge in [0.1, 0.15) is 11.3 Å². The molecule has 36 heavy (non-hydrogen) atoms. The molecule has 5 aromatic rings. The van der Waals surface area contributed by atoms with Gasteiger partial charge < -0.3 is 13.7 Å². The molecule has 5 rings (SSSR count). The predicted molar refractivity (Wildman–Crippen MR) is 135 cm³/mol. The van der Waals surface area contributed by atoms with Gasteiger partial charge in [-0.1, -0.05) is 41.6 Å². The number of aryl methyl sites for hydroxylation is 2. The summed E-state index contributed by atoms with van der Waals surface area (Å²) in [5, 5.41) is 0.396. The van der Waals surface area contributed by atoms with Crippen LogP contribution in [-0.2, 0) is 23.6 Å². The zero-order valence-corrected chi connectivity index (χ0v) is 20.7. The van der Waals surface area contributed by atoms with Gasteiger partial charge in [0, 0.05) is 6.54 Å². The van der Waals surface area contributed by atoms with E-state index in [1.165, 1.54) is 23.4 Å². The summed E-state index contributed by atoms with van der Waals surface area (Å²) in [6.07, 6.45) is 0. The second-order valence-corrected chi connectivity index (χ2v) is 9.14. The largest absolute Gasteiger partial charge is 0.465 e. The van der Waals surface area contributed by atoms with Crippen molar-refractivity contribution in [2.24, 2.45) is 0 Å². The van der Waals surface area contributed by atoms with Gasteiger partial charge >= 0.3 is 11.7 Å². The molecule has 1 N–H and O–H groups in total. The van der Waals surface area contributed by atoms with E-state index in [1.54, 1.807) is 22.8 Å². The number of esters is 1. The van der Waals surface area contributed by atoms with Crippen molar-refractivity contribution >= 4 is 40.0 Å². The number of ether oxygens (including phenoxy) is 1. The molecule has 0 saturated carbocycles. The first-order chi connectivity index (χ1) is 17.4. The Morgan fingerprint density at radius 2 is 1.89 bits per heavy atom. The van der Waals surface area contributed by atoms with Crippen LogP contribution in [-0.4, -0.2) is 37.2 Å². The molecule has 0 aliphatic rings. The molecule has 3 aromatic heterocycles. The van der Waals surface area contributed by atoms with E-state index in [4.69, 9.17) is 14.1 Å². The van der Waals surface area contributed by atoms with E-state index >= 15 is 0 Å². The second kappa shape index (κ2) is 9.50. The maximum absolute atomic E-state index is 12.7. The number of rotatable bonds is 7. The van der Waals surface area contributed by atoms with Crippen LogP contribution in [0, 0.1) is 6.92 Å². The number of hydrogen-bond acceptors (Lipinski definition) is 8. The SMILES string of the molecule is CCn1c(CSc2nc3cc(C(=O)OC)ccc3o2)nc2c1c(=O)[nH]c(=O)n2Cc1ccc(C)cc1. The fourth-order valence-corrected chi connectivity index (χ4v) is 4.81. The summed E-state index contributed by atoms with van der Waals surface area (Å²) in [5.41, 5.74) is 3.20. The zero-order chi connectivity index (χ0) is 25.4. The Labute approximate surface area is 208 Å². The van der Waals surface area contributed by atoms with Crippen molar-refractivity contribution < 1.29 is 13.9 Å². The number of benzene rings is 2. The summed E-state index contributed by atoms with van der Waals surface area (Å²) < 4.78 is 13.8. The van der Waals surface area contributed by atoms with Crippen LogP contribution in [0.3, 0.4) is 0 Å². The number of thioether (sulfide) groups is 1. The van der Waals surface area contributed by atoms with Crippen molar-refractivity contribution in [3.05, 3.63) is 85.8 Å². The topological polar surface area (TPSA) is 125 Å². The minimum absolute atomic E-state index is 0.285. The van der Waals surface area contributed by atoms with Crippen molar-refractivity contribution in [3.8, 4) is 0 Å². The molecule has 0 unspecified atom stereocenters. The monoisotopic (exact) mass is 505 g/mol. The maximum atomic E-state index is 12.7. The summed E-state index contributed by atoms with van der Waals surface area (Å²) in [7, 11) is 1.32. The van der Waals surface area contributed by atoms with Gasteiger partial charge in [-0.05, 0) is 37.6 Å². The van der Waals surface area contributed by atoms with E-state index in [0.29, 0.717) is 51.2 Å². The third-order valence-electron chi connectivity index (χ3n) is 5.86. The third kappa shape index (κ3) is 4.33. The van der Waals surface area contributed by atoms with Crippen LogP contribution in [0.2, 0.25) is 0 Å². The van der Waals surface area contributed by atoms with Gasteiger partial charge in [-0.15, -0.1) is 0 Å². The Kier molecular flexibility index (Phi) is 6.23. The van der Waals surface area contributed by atoms with E-state index < -0.39 is 17.2 Å². The Morgan fingerprint density at radius 1 is 1.11 bits per heavy atom. The Balaban J connectivity index is 1.49. The summed E-state index contributed by atoms with van der Waals surface area (Å²) in [4.78, 5) is 48.8. The number of methoxy groups -OCH3 is 1. The molecule has 11 heteroatoms. The van der Waals surface area contributed by atoms with Gasteiger partial charge in [0.05, 0.1) is 25.0 Å². The van der Waals surface area contributed by atoms with Crippen LogP contribution >= 0.6 is 11.8 Å². The van der Waals surface area contributed by atoms with Crippen LogP contribution in [0.15, 0.2) is 61.7 Å². The van der Waals surface area contributed by atoms with E-state index in [9.17, 15) is 14.4 Å². The first kappa shape index (κ1) is 23.6. The van der Waals surface area contributed by atoms with Crippen LogP contribution in [0.25, 0.3) is 22.3 Å². The molecule has 0 bridgehead atoms. The summed E-state index contributed by atoms with van der Waals surface area (Å²) in [6, 6.07) is 12.7. The number of carbonyl (C=O) groups is 1. The van der Waals surface area contributed by atoms with Crippen LogP contribution in [0.5, 0.6) is 0 Å². The quantitative estimate of drug-likeness (QED) is 0.263. The number of imidazole rings is 1. The van der Waals surface area contributed by atoms with Gasteiger partial charge in [0.25, 0.3) is 10.8 Å². The number of hydrogen-bond donors (Lipinski definition) is 1. The number of oxazole rings is 1. The Morgan fingerprint density at radius 3 is 2.61 bits per heavy atom. The molecule has 0 aliphatic carbocycles. The van der Waals surface area contributed by atoms with Crippen molar-refractivity contribution in [1.82, 2.24) is 24.1 Å². The highest BCUT2D eigenvalue weighted by Crippen LogP contribution is 2.27. The molecule has 0 radical (unpaired) electrons. The first-order valence-electron chi connectivity index (χ1n) is 11.3. The number of H-pyrrole nitrogens is 1. The predicted octanol–water partition coefficient (Wildman–Crippen LogP) is 3.48. The average Bonchev–Trinajstić information content (AvgIpc) is 3.46. The van der Waals surface area contributed by atoms with E-state index in [2.05, 4.69) is 9.97 Å². The summed E-state index contributed by atoms with van der Waals surface area (Å²) in [5.74, 6) is 0.522. The molecule has 0 spiro atoms. The first-order valence-corrected chi connectivity index (χ1v) is 12.3. The molecule has 184 valence electrons. The van der Waals surface area contributed by atoms with Gasteiger partial charge in [0.15, 0.2) is 16.7 Å². The van der Waals surface area contributed by atoms with Gasteiger partial charge in [-0.25, -0.2) is 19.6 Å². The Bertz CT molecular complexity index is 1710. The molecule has 10 nitrogen and oxygen atoms in total.